The summed E-state index contributed by atoms with van der Waals surface area (Å²) < 4.78 is 38.0. The molecule has 1 amide bonds. The van der Waals surface area contributed by atoms with Gasteiger partial charge < -0.3 is 10.6 Å². The average Bonchev–Trinajstić information content (AvgIpc) is 2.51. The van der Waals surface area contributed by atoms with Crippen molar-refractivity contribution in [3.05, 3.63) is 63.6 Å². The summed E-state index contributed by atoms with van der Waals surface area (Å²) in [4.78, 5) is 13.9. The largest absolute Gasteiger partial charge is 0.416 e. The molecule has 0 heterocycles. The molecule has 0 aliphatic heterocycles. The highest BCUT2D eigenvalue weighted by Gasteiger charge is 2.30. The monoisotopic (exact) mass is 376 g/mol. The third kappa shape index (κ3) is 4.20. The van der Waals surface area contributed by atoms with Crippen molar-refractivity contribution < 1.29 is 18.0 Å². The Bertz CT molecular complexity index is 733. The molecule has 2 aromatic carbocycles. The summed E-state index contributed by atoms with van der Waals surface area (Å²) in [7, 11) is 0. The van der Waals surface area contributed by atoms with Crippen LogP contribution in [-0.2, 0) is 6.18 Å². The second-order valence-electron chi connectivity index (χ2n) is 4.91. The number of nitrogens with two attached hydrogens (primary N) is 1. The second-order valence-corrected chi connectivity index (χ2v) is 5.76. The lowest BCUT2D eigenvalue weighted by Crippen LogP contribution is -2.35. The van der Waals surface area contributed by atoms with Crippen LogP contribution in [0.2, 0.25) is 10.0 Å². The second kappa shape index (κ2) is 7.42. The standard InChI is InChI=1S/C16H13Cl2F3N2O/c17-11-3-6-13(14(18)9-11)15(24)23(8-7-22)12-4-1-10(2-5-12)16(19,20)21/h1-6,9H,7-8,22H2. The Morgan fingerprint density at radius 1 is 1.08 bits per heavy atom. The number of hydrogen-bond acceptors (Lipinski definition) is 2. The van der Waals surface area contributed by atoms with E-state index in [1.807, 2.05) is 0 Å². The van der Waals surface area contributed by atoms with Gasteiger partial charge in [0.2, 0.25) is 0 Å². The van der Waals surface area contributed by atoms with E-state index in [0.717, 1.165) is 12.1 Å². The van der Waals surface area contributed by atoms with Crippen LogP contribution >= 0.6 is 23.2 Å². The molecule has 128 valence electrons. The van der Waals surface area contributed by atoms with Crippen LogP contribution in [0.3, 0.4) is 0 Å². The van der Waals surface area contributed by atoms with E-state index >= 15 is 0 Å². The van der Waals surface area contributed by atoms with Gasteiger partial charge in [0.15, 0.2) is 0 Å². The minimum atomic E-state index is -4.44. The smallest absolute Gasteiger partial charge is 0.329 e. The average molecular weight is 377 g/mol. The Hall–Kier alpha value is -1.76. The van der Waals surface area contributed by atoms with E-state index in [2.05, 4.69) is 0 Å². The van der Waals surface area contributed by atoms with Crippen LogP contribution in [0.15, 0.2) is 42.5 Å². The maximum Gasteiger partial charge on any atom is 0.416 e. The first kappa shape index (κ1) is 18.6. The molecule has 0 aliphatic rings. The molecule has 2 rings (SSSR count). The van der Waals surface area contributed by atoms with Gasteiger partial charge in [-0.05, 0) is 42.5 Å². The zero-order valence-corrected chi connectivity index (χ0v) is 13.8. The molecule has 0 radical (unpaired) electrons. The summed E-state index contributed by atoms with van der Waals surface area (Å²) in [5.41, 5.74) is 5.21. The first-order chi connectivity index (χ1) is 11.2. The van der Waals surface area contributed by atoms with E-state index in [1.54, 1.807) is 0 Å². The molecule has 0 bridgehead atoms. The third-order valence-corrected chi connectivity index (χ3v) is 3.81. The molecule has 0 saturated heterocycles. The Balaban J connectivity index is 2.36. The van der Waals surface area contributed by atoms with Gasteiger partial charge in [-0.3, -0.25) is 4.79 Å². The Labute approximate surface area is 146 Å². The number of carbonyl (C=O) groups excluding carboxylic acids is 1. The Morgan fingerprint density at radius 2 is 1.71 bits per heavy atom. The maximum atomic E-state index is 12.7. The molecule has 0 atom stereocenters. The number of nitrogens with zero attached hydrogens (tertiary/aromatic N) is 1. The van der Waals surface area contributed by atoms with Crippen molar-refractivity contribution in [3.63, 3.8) is 0 Å². The SMILES string of the molecule is NCCN(C(=O)c1ccc(Cl)cc1Cl)c1ccc(C(F)(F)F)cc1. The van der Waals surface area contributed by atoms with Crippen molar-refractivity contribution in [2.24, 2.45) is 5.73 Å². The normalized spacial score (nSPS) is 11.4. The van der Waals surface area contributed by atoms with Crippen LogP contribution in [0.5, 0.6) is 0 Å². The Morgan fingerprint density at radius 3 is 2.21 bits per heavy atom. The number of hydrogen-bond donors (Lipinski definition) is 1. The summed E-state index contributed by atoms with van der Waals surface area (Å²) in [5.74, 6) is -0.470. The lowest BCUT2D eigenvalue weighted by atomic mass is 10.1. The van der Waals surface area contributed by atoms with Crippen LogP contribution in [-0.4, -0.2) is 19.0 Å². The molecule has 2 N–H and O–H groups in total. The molecule has 2 aromatic rings. The highest BCUT2D eigenvalue weighted by Crippen LogP contribution is 2.31. The quantitative estimate of drug-likeness (QED) is 0.846. The van der Waals surface area contributed by atoms with Crippen LogP contribution < -0.4 is 10.6 Å². The zero-order valence-electron chi connectivity index (χ0n) is 12.3. The summed E-state index contributed by atoms with van der Waals surface area (Å²) in [5, 5.41) is 0.526. The van der Waals surface area contributed by atoms with Crippen molar-refractivity contribution >= 4 is 34.8 Å². The summed E-state index contributed by atoms with van der Waals surface area (Å²) in [6.45, 7) is 0.265. The molecule has 0 fully saturated rings. The molecular formula is C16H13Cl2F3N2O. The lowest BCUT2D eigenvalue weighted by molar-refractivity contribution is -0.137. The van der Waals surface area contributed by atoms with E-state index in [4.69, 9.17) is 28.9 Å². The van der Waals surface area contributed by atoms with Gasteiger partial charge in [-0.1, -0.05) is 23.2 Å². The highest BCUT2D eigenvalue weighted by atomic mass is 35.5. The fourth-order valence-electron chi connectivity index (χ4n) is 2.12. The number of amides is 1. The fourth-order valence-corrected chi connectivity index (χ4v) is 2.61. The summed E-state index contributed by atoms with van der Waals surface area (Å²) >= 11 is 11.8. The van der Waals surface area contributed by atoms with E-state index in [1.165, 1.54) is 35.2 Å². The van der Waals surface area contributed by atoms with Crippen LogP contribution in [0.25, 0.3) is 0 Å². The van der Waals surface area contributed by atoms with Crippen molar-refractivity contribution in [2.75, 3.05) is 18.0 Å². The molecule has 3 nitrogen and oxygen atoms in total. The number of alkyl halides is 3. The van der Waals surface area contributed by atoms with Crippen molar-refractivity contribution in [3.8, 4) is 0 Å². The fraction of sp³-hybridized carbons (Fsp3) is 0.188. The number of carbonyl (C=O) groups is 1. The summed E-state index contributed by atoms with van der Waals surface area (Å²) in [6.07, 6.45) is -4.44. The van der Waals surface area contributed by atoms with Crippen LogP contribution in [0.1, 0.15) is 15.9 Å². The minimum absolute atomic E-state index is 0.128. The summed E-state index contributed by atoms with van der Waals surface area (Å²) in [6, 6.07) is 8.66. The highest BCUT2D eigenvalue weighted by molar-refractivity contribution is 6.37. The molecular weight excluding hydrogens is 364 g/mol. The molecule has 0 aliphatic carbocycles. The minimum Gasteiger partial charge on any atom is -0.329 e. The topological polar surface area (TPSA) is 46.3 Å². The van der Waals surface area contributed by atoms with Gasteiger partial charge >= 0.3 is 6.18 Å². The molecule has 0 saturated carbocycles. The van der Waals surface area contributed by atoms with E-state index in [9.17, 15) is 18.0 Å². The van der Waals surface area contributed by atoms with Gasteiger partial charge in [-0.2, -0.15) is 13.2 Å². The first-order valence-electron chi connectivity index (χ1n) is 6.88. The van der Waals surface area contributed by atoms with E-state index in [0.29, 0.717) is 10.7 Å². The number of benzene rings is 2. The van der Waals surface area contributed by atoms with Crippen LogP contribution in [0.4, 0.5) is 18.9 Å². The number of rotatable bonds is 4. The zero-order chi connectivity index (χ0) is 17.9. The van der Waals surface area contributed by atoms with Crippen molar-refractivity contribution in [2.45, 2.75) is 6.18 Å². The molecule has 8 heteroatoms. The van der Waals surface area contributed by atoms with E-state index < -0.39 is 17.6 Å². The predicted octanol–water partition coefficient (Wildman–Crippen LogP) is 4.62. The lowest BCUT2D eigenvalue weighted by Gasteiger charge is -2.23. The van der Waals surface area contributed by atoms with Gasteiger partial charge in [0, 0.05) is 23.8 Å². The van der Waals surface area contributed by atoms with Crippen LogP contribution in [0, 0.1) is 0 Å². The number of anilines is 1. The van der Waals surface area contributed by atoms with Gasteiger partial charge in [-0.25, -0.2) is 0 Å². The molecule has 24 heavy (non-hydrogen) atoms. The first-order valence-corrected chi connectivity index (χ1v) is 7.64. The van der Waals surface area contributed by atoms with E-state index in [-0.39, 0.29) is 23.7 Å². The van der Waals surface area contributed by atoms with Crippen molar-refractivity contribution in [1.29, 1.82) is 0 Å². The number of halogens is 5. The van der Waals surface area contributed by atoms with Gasteiger partial charge in [0.1, 0.15) is 0 Å². The van der Waals surface area contributed by atoms with Crippen molar-refractivity contribution in [1.82, 2.24) is 0 Å². The molecule has 0 unspecified atom stereocenters. The molecule has 0 spiro atoms. The maximum absolute atomic E-state index is 12.7. The van der Waals surface area contributed by atoms with Gasteiger partial charge in [0.05, 0.1) is 16.1 Å². The third-order valence-electron chi connectivity index (χ3n) is 3.27. The van der Waals surface area contributed by atoms with Gasteiger partial charge in [0.25, 0.3) is 5.91 Å². The Kier molecular flexibility index (Phi) is 5.74. The van der Waals surface area contributed by atoms with Gasteiger partial charge in [-0.15, -0.1) is 0 Å². The molecule has 0 aromatic heterocycles. The predicted molar refractivity (Wildman–Crippen MR) is 88.6 cm³/mol.